The van der Waals surface area contributed by atoms with Crippen molar-refractivity contribution < 1.29 is 24.3 Å². The molecule has 0 aromatic heterocycles. The zero-order valence-electron chi connectivity index (χ0n) is 11.9. The van der Waals surface area contributed by atoms with Crippen LogP contribution >= 0.6 is 0 Å². The van der Waals surface area contributed by atoms with Gasteiger partial charge in [-0.15, -0.1) is 0 Å². The Hall–Kier alpha value is -2.12. The highest BCUT2D eigenvalue weighted by Gasteiger charge is 2.35. The van der Waals surface area contributed by atoms with Gasteiger partial charge in [0.25, 0.3) is 5.91 Å². The second-order valence-electron chi connectivity index (χ2n) is 5.46. The molecule has 0 aliphatic carbocycles. The molecule has 2 atom stereocenters. The Labute approximate surface area is 122 Å². The van der Waals surface area contributed by atoms with Gasteiger partial charge in [0.2, 0.25) is 5.91 Å². The quantitative estimate of drug-likeness (QED) is 0.677. The zero-order valence-corrected chi connectivity index (χ0v) is 11.9. The summed E-state index contributed by atoms with van der Waals surface area (Å²) >= 11 is 0. The first-order chi connectivity index (χ1) is 9.90. The van der Waals surface area contributed by atoms with Crippen LogP contribution in [0.3, 0.4) is 0 Å². The third-order valence-electron chi connectivity index (χ3n) is 4.01. The smallest absolute Gasteiger partial charge is 0.318 e. The number of carboxylic acids is 1. The molecule has 8 heteroatoms. The molecule has 0 aromatic rings. The fourth-order valence-corrected chi connectivity index (χ4v) is 2.65. The lowest BCUT2D eigenvalue weighted by Gasteiger charge is -2.34. The summed E-state index contributed by atoms with van der Waals surface area (Å²) in [6, 6.07) is -1.16. The Bertz CT molecular complexity index is 478. The van der Waals surface area contributed by atoms with Gasteiger partial charge >= 0.3 is 12.0 Å². The minimum atomic E-state index is -0.911. The van der Waals surface area contributed by atoms with Gasteiger partial charge in [-0.3, -0.25) is 19.3 Å². The summed E-state index contributed by atoms with van der Waals surface area (Å²) in [5.74, 6) is -2.15. The van der Waals surface area contributed by atoms with Crippen LogP contribution in [0.1, 0.15) is 25.7 Å². The van der Waals surface area contributed by atoms with Crippen LogP contribution in [0.2, 0.25) is 0 Å². The van der Waals surface area contributed by atoms with Crippen LogP contribution in [0.4, 0.5) is 4.79 Å². The van der Waals surface area contributed by atoms with Crippen molar-refractivity contribution in [2.45, 2.75) is 31.7 Å². The normalized spacial score (nSPS) is 26.7. The highest BCUT2D eigenvalue weighted by molar-refractivity contribution is 6.01. The minimum absolute atomic E-state index is 0.150. The second kappa shape index (κ2) is 6.11. The van der Waals surface area contributed by atoms with E-state index in [0.717, 1.165) is 4.90 Å². The highest BCUT2D eigenvalue weighted by atomic mass is 16.4. The van der Waals surface area contributed by atoms with Crippen molar-refractivity contribution in [3.63, 3.8) is 0 Å². The molecule has 2 N–H and O–H groups in total. The van der Waals surface area contributed by atoms with Crippen LogP contribution in [0.25, 0.3) is 0 Å². The van der Waals surface area contributed by atoms with E-state index in [-0.39, 0.29) is 25.3 Å². The number of aliphatic carboxylic acids is 1. The lowest BCUT2D eigenvalue weighted by Crippen LogP contribution is -2.56. The molecule has 2 saturated heterocycles. The standard InChI is InChI=1S/C13H19N3O5/c1-15-10(17)5-4-9(11(15)18)14-13(21)16-6-2-3-8(7-16)12(19)20/h8-9H,2-7H2,1H3,(H,14,21)(H,19,20)/t8-,9?/m0/s1. The summed E-state index contributed by atoms with van der Waals surface area (Å²) in [7, 11) is 1.39. The van der Waals surface area contributed by atoms with E-state index >= 15 is 0 Å². The monoisotopic (exact) mass is 297 g/mol. The molecule has 1 unspecified atom stereocenters. The largest absolute Gasteiger partial charge is 0.481 e. The predicted octanol–water partition coefficient (Wildman–Crippen LogP) is -0.360. The summed E-state index contributed by atoms with van der Waals surface area (Å²) in [5.41, 5.74) is 0. The number of carbonyl (C=O) groups is 4. The van der Waals surface area contributed by atoms with Crippen molar-refractivity contribution in [2.24, 2.45) is 5.92 Å². The third-order valence-corrected chi connectivity index (χ3v) is 4.01. The number of nitrogens with zero attached hydrogens (tertiary/aromatic N) is 2. The number of likely N-dealkylation sites (tertiary alicyclic amines) is 2. The fourth-order valence-electron chi connectivity index (χ4n) is 2.65. The van der Waals surface area contributed by atoms with Crippen molar-refractivity contribution in [1.29, 1.82) is 0 Å². The molecule has 21 heavy (non-hydrogen) atoms. The fraction of sp³-hybridized carbons (Fsp3) is 0.692. The third kappa shape index (κ3) is 3.32. The Morgan fingerprint density at radius 2 is 2.00 bits per heavy atom. The average Bonchev–Trinajstić information content (AvgIpc) is 2.48. The van der Waals surface area contributed by atoms with Crippen molar-refractivity contribution >= 4 is 23.8 Å². The van der Waals surface area contributed by atoms with Crippen molar-refractivity contribution in [2.75, 3.05) is 20.1 Å². The number of likely N-dealkylation sites (N-methyl/N-ethyl adjacent to an activating group) is 1. The zero-order chi connectivity index (χ0) is 15.6. The van der Waals surface area contributed by atoms with E-state index in [1.165, 1.54) is 11.9 Å². The Morgan fingerprint density at radius 1 is 1.29 bits per heavy atom. The molecule has 0 bridgehead atoms. The molecule has 8 nitrogen and oxygen atoms in total. The molecule has 2 heterocycles. The lowest BCUT2D eigenvalue weighted by molar-refractivity contribution is -0.148. The van der Waals surface area contributed by atoms with Gasteiger partial charge in [-0.2, -0.15) is 0 Å². The number of hydrogen-bond acceptors (Lipinski definition) is 4. The van der Waals surface area contributed by atoms with Gasteiger partial charge < -0.3 is 15.3 Å². The van der Waals surface area contributed by atoms with Crippen LogP contribution in [0, 0.1) is 5.92 Å². The lowest BCUT2D eigenvalue weighted by atomic mass is 9.98. The molecule has 2 rings (SSSR count). The molecule has 0 radical (unpaired) electrons. The van der Waals surface area contributed by atoms with Gasteiger partial charge in [-0.25, -0.2) is 4.79 Å². The molecule has 2 aliphatic rings. The maximum Gasteiger partial charge on any atom is 0.318 e. The average molecular weight is 297 g/mol. The number of nitrogens with one attached hydrogen (secondary N) is 1. The maximum atomic E-state index is 12.1. The second-order valence-corrected chi connectivity index (χ2v) is 5.46. The van der Waals surface area contributed by atoms with E-state index in [9.17, 15) is 19.2 Å². The van der Waals surface area contributed by atoms with E-state index in [2.05, 4.69) is 5.32 Å². The number of hydrogen-bond donors (Lipinski definition) is 2. The number of rotatable bonds is 2. The molecular weight excluding hydrogens is 278 g/mol. The van der Waals surface area contributed by atoms with Crippen LogP contribution in [-0.4, -0.2) is 64.9 Å². The van der Waals surface area contributed by atoms with E-state index in [1.807, 2.05) is 0 Å². The van der Waals surface area contributed by atoms with Crippen LogP contribution in [0.15, 0.2) is 0 Å². The number of carbonyl (C=O) groups excluding carboxylic acids is 3. The van der Waals surface area contributed by atoms with Gasteiger partial charge in [-0.05, 0) is 19.3 Å². The van der Waals surface area contributed by atoms with Gasteiger partial charge in [0, 0.05) is 26.6 Å². The number of amides is 4. The summed E-state index contributed by atoms with van der Waals surface area (Å²) in [6.07, 6.45) is 1.68. The van der Waals surface area contributed by atoms with Gasteiger partial charge in [-0.1, -0.05) is 0 Å². The number of imide groups is 1. The van der Waals surface area contributed by atoms with Crippen LogP contribution in [0.5, 0.6) is 0 Å². The highest BCUT2D eigenvalue weighted by Crippen LogP contribution is 2.17. The van der Waals surface area contributed by atoms with E-state index in [0.29, 0.717) is 19.4 Å². The SMILES string of the molecule is CN1C(=O)CCC(NC(=O)N2CCC[C@H](C(=O)O)C2)C1=O. The molecule has 116 valence electrons. The number of carboxylic acid groups (broad SMARTS) is 1. The first kappa shape index (κ1) is 15.3. The predicted molar refractivity (Wildman–Crippen MR) is 71.3 cm³/mol. The van der Waals surface area contributed by atoms with Crippen LogP contribution in [-0.2, 0) is 14.4 Å². The number of urea groups is 1. The number of piperidine rings is 2. The van der Waals surface area contributed by atoms with Gasteiger partial charge in [0.15, 0.2) is 0 Å². The summed E-state index contributed by atoms with van der Waals surface area (Å²) in [5, 5.41) is 11.6. The molecule has 2 fully saturated rings. The molecule has 0 spiro atoms. The van der Waals surface area contributed by atoms with Crippen molar-refractivity contribution in [1.82, 2.24) is 15.1 Å². The molecule has 4 amide bonds. The van der Waals surface area contributed by atoms with Gasteiger partial charge in [0.05, 0.1) is 5.92 Å². The molecular formula is C13H19N3O5. The Morgan fingerprint density at radius 3 is 2.67 bits per heavy atom. The summed E-state index contributed by atoms with van der Waals surface area (Å²) in [6.45, 7) is 0.627. The van der Waals surface area contributed by atoms with Crippen LogP contribution < -0.4 is 5.32 Å². The maximum absolute atomic E-state index is 12.1. The first-order valence-electron chi connectivity index (χ1n) is 6.98. The molecule has 0 saturated carbocycles. The van der Waals surface area contributed by atoms with E-state index in [1.54, 1.807) is 0 Å². The summed E-state index contributed by atoms with van der Waals surface area (Å²) in [4.78, 5) is 48.8. The van der Waals surface area contributed by atoms with Gasteiger partial charge in [0.1, 0.15) is 6.04 Å². The Kier molecular flexibility index (Phi) is 4.44. The minimum Gasteiger partial charge on any atom is -0.481 e. The van der Waals surface area contributed by atoms with Crippen molar-refractivity contribution in [3.8, 4) is 0 Å². The van der Waals surface area contributed by atoms with Crippen molar-refractivity contribution in [3.05, 3.63) is 0 Å². The summed E-state index contributed by atoms with van der Waals surface area (Å²) < 4.78 is 0. The molecule has 0 aromatic carbocycles. The first-order valence-corrected chi connectivity index (χ1v) is 6.98. The molecule has 2 aliphatic heterocycles. The van der Waals surface area contributed by atoms with E-state index in [4.69, 9.17) is 5.11 Å². The van der Waals surface area contributed by atoms with E-state index < -0.39 is 29.9 Å². The Balaban J connectivity index is 1.93. The topological polar surface area (TPSA) is 107 Å².